The van der Waals surface area contributed by atoms with Gasteiger partial charge in [-0.1, -0.05) is 24.3 Å². The third-order valence-corrected chi connectivity index (χ3v) is 6.95. The first-order valence-corrected chi connectivity index (χ1v) is 12.4. The van der Waals surface area contributed by atoms with Crippen LogP contribution in [0.1, 0.15) is 28.4 Å². The maximum absolute atomic E-state index is 14.0. The zero-order valence-electron chi connectivity index (χ0n) is 21.1. The van der Waals surface area contributed by atoms with Crippen LogP contribution >= 0.6 is 0 Å². The number of nitrogens with zero attached hydrogens (tertiary/aromatic N) is 5. The van der Waals surface area contributed by atoms with E-state index >= 15 is 0 Å². The smallest absolute Gasteiger partial charge is 0.259 e. The number of methoxy groups -OCH3 is 1. The second-order valence-corrected chi connectivity index (χ2v) is 9.22. The molecule has 0 amide bonds. The lowest BCUT2D eigenvalue weighted by atomic mass is 9.97. The van der Waals surface area contributed by atoms with E-state index in [-0.39, 0.29) is 11.3 Å². The summed E-state index contributed by atoms with van der Waals surface area (Å²) in [6.45, 7) is 5.19. The second-order valence-electron chi connectivity index (χ2n) is 9.22. The minimum absolute atomic E-state index is 0.00879. The Hall–Kier alpha value is -4.17. The van der Waals surface area contributed by atoms with Crippen LogP contribution in [0.5, 0.6) is 11.5 Å². The molecule has 8 heteroatoms. The van der Waals surface area contributed by atoms with E-state index in [9.17, 15) is 9.90 Å². The SMILES string of the molecule is COc1ccc(Cn2c(C)cc(O)c([C@@H](c3cccnc3)N3CCN(c4ccccn4)CC3)c2=O)cc1. The molecule has 1 aliphatic rings. The zero-order chi connectivity index (χ0) is 25.8. The molecule has 4 heterocycles. The van der Waals surface area contributed by atoms with Gasteiger partial charge in [0.15, 0.2) is 0 Å². The number of aromatic nitrogens is 3. The average molecular weight is 498 g/mol. The molecule has 0 bridgehead atoms. The maximum Gasteiger partial charge on any atom is 0.259 e. The summed E-state index contributed by atoms with van der Waals surface area (Å²) >= 11 is 0. The van der Waals surface area contributed by atoms with Gasteiger partial charge >= 0.3 is 0 Å². The molecule has 0 saturated carbocycles. The summed E-state index contributed by atoms with van der Waals surface area (Å²) in [6.07, 6.45) is 5.30. The quantitative estimate of drug-likeness (QED) is 0.418. The van der Waals surface area contributed by atoms with E-state index in [1.807, 2.05) is 61.5 Å². The molecule has 3 aromatic heterocycles. The first kappa shape index (κ1) is 24.5. The monoisotopic (exact) mass is 497 g/mol. The van der Waals surface area contributed by atoms with Crippen LogP contribution in [-0.4, -0.2) is 57.8 Å². The normalized spacial score (nSPS) is 14.9. The fourth-order valence-corrected chi connectivity index (χ4v) is 4.98. The van der Waals surface area contributed by atoms with Gasteiger partial charge in [-0.05, 0) is 54.4 Å². The topological polar surface area (TPSA) is 83.7 Å². The van der Waals surface area contributed by atoms with E-state index in [1.165, 1.54) is 0 Å². The Morgan fingerprint density at radius 1 is 1.00 bits per heavy atom. The van der Waals surface area contributed by atoms with Crippen molar-refractivity contribution in [2.24, 2.45) is 0 Å². The molecule has 1 atom stereocenters. The minimum Gasteiger partial charge on any atom is -0.507 e. The van der Waals surface area contributed by atoms with Gasteiger partial charge in [0.1, 0.15) is 17.3 Å². The van der Waals surface area contributed by atoms with Gasteiger partial charge in [-0.25, -0.2) is 4.98 Å². The highest BCUT2D eigenvalue weighted by Gasteiger charge is 2.32. The Kier molecular flexibility index (Phi) is 7.18. The van der Waals surface area contributed by atoms with Crippen LogP contribution in [0.4, 0.5) is 5.82 Å². The van der Waals surface area contributed by atoms with Crippen molar-refractivity contribution in [3.8, 4) is 11.5 Å². The van der Waals surface area contributed by atoms with Crippen molar-refractivity contribution < 1.29 is 9.84 Å². The van der Waals surface area contributed by atoms with Crippen LogP contribution in [0.25, 0.3) is 0 Å². The number of aromatic hydroxyl groups is 1. The van der Waals surface area contributed by atoms with E-state index in [1.54, 1.807) is 36.3 Å². The number of hydrogen-bond acceptors (Lipinski definition) is 7. The maximum atomic E-state index is 14.0. The molecule has 8 nitrogen and oxygen atoms in total. The molecule has 1 fully saturated rings. The van der Waals surface area contributed by atoms with Crippen molar-refractivity contribution in [1.82, 2.24) is 19.4 Å². The summed E-state index contributed by atoms with van der Waals surface area (Å²) in [5.74, 6) is 1.72. The first-order valence-electron chi connectivity index (χ1n) is 12.4. The van der Waals surface area contributed by atoms with Crippen molar-refractivity contribution in [2.75, 3.05) is 38.2 Å². The minimum atomic E-state index is -0.421. The summed E-state index contributed by atoms with van der Waals surface area (Å²) < 4.78 is 6.99. The lowest BCUT2D eigenvalue weighted by Crippen LogP contribution is -2.49. The highest BCUT2D eigenvalue weighted by Crippen LogP contribution is 2.33. The molecule has 1 aromatic carbocycles. The van der Waals surface area contributed by atoms with Gasteiger partial charge in [0.05, 0.1) is 25.3 Å². The molecule has 0 spiro atoms. The van der Waals surface area contributed by atoms with Gasteiger partial charge in [-0.3, -0.25) is 14.7 Å². The summed E-state index contributed by atoms with van der Waals surface area (Å²) in [5.41, 5.74) is 2.73. The fourth-order valence-electron chi connectivity index (χ4n) is 4.98. The predicted octanol–water partition coefficient (Wildman–Crippen LogP) is 3.62. The predicted molar refractivity (Wildman–Crippen MR) is 143 cm³/mol. The van der Waals surface area contributed by atoms with Gasteiger partial charge < -0.3 is 19.3 Å². The molecule has 4 aromatic rings. The van der Waals surface area contributed by atoms with Gasteiger partial charge in [-0.15, -0.1) is 0 Å². The van der Waals surface area contributed by atoms with Crippen molar-refractivity contribution in [1.29, 1.82) is 0 Å². The van der Waals surface area contributed by atoms with Crippen LogP contribution in [0.3, 0.4) is 0 Å². The third-order valence-electron chi connectivity index (χ3n) is 6.95. The number of hydrogen-bond donors (Lipinski definition) is 1. The average Bonchev–Trinajstić information content (AvgIpc) is 2.95. The number of rotatable bonds is 7. The Labute approximate surface area is 216 Å². The Bertz CT molecular complexity index is 1380. The highest BCUT2D eigenvalue weighted by molar-refractivity contribution is 5.42. The van der Waals surface area contributed by atoms with Crippen LogP contribution in [-0.2, 0) is 6.54 Å². The van der Waals surface area contributed by atoms with E-state index in [0.717, 1.165) is 35.8 Å². The summed E-state index contributed by atoms with van der Waals surface area (Å²) in [6, 6.07) is 18.7. The van der Waals surface area contributed by atoms with Crippen molar-refractivity contribution in [2.45, 2.75) is 19.5 Å². The number of pyridine rings is 3. The van der Waals surface area contributed by atoms with Crippen molar-refractivity contribution >= 4 is 5.82 Å². The largest absolute Gasteiger partial charge is 0.507 e. The van der Waals surface area contributed by atoms with Crippen LogP contribution in [0.2, 0.25) is 0 Å². The number of anilines is 1. The van der Waals surface area contributed by atoms with Crippen LogP contribution < -0.4 is 15.2 Å². The lowest BCUT2D eigenvalue weighted by molar-refractivity contribution is 0.207. The lowest BCUT2D eigenvalue weighted by Gasteiger charge is -2.40. The number of benzene rings is 1. The van der Waals surface area contributed by atoms with Gasteiger partial charge in [0.2, 0.25) is 0 Å². The zero-order valence-corrected chi connectivity index (χ0v) is 21.1. The molecule has 190 valence electrons. The molecule has 37 heavy (non-hydrogen) atoms. The molecule has 1 aliphatic heterocycles. The van der Waals surface area contributed by atoms with E-state index in [2.05, 4.69) is 19.8 Å². The highest BCUT2D eigenvalue weighted by atomic mass is 16.5. The van der Waals surface area contributed by atoms with Crippen molar-refractivity contribution in [3.05, 3.63) is 112 Å². The van der Waals surface area contributed by atoms with Crippen LogP contribution in [0, 0.1) is 6.92 Å². The first-order chi connectivity index (χ1) is 18.0. The summed E-state index contributed by atoms with van der Waals surface area (Å²) in [7, 11) is 1.63. The van der Waals surface area contributed by atoms with Crippen LogP contribution in [0.15, 0.2) is 84.0 Å². The molecule has 5 rings (SSSR count). The van der Waals surface area contributed by atoms with E-state index < -0.39 is 6.04 Å². The number of piperazine rings is 1. The van der Waals surface area contributed by atoms with Crippen molar-refractivity contribution in [3.63, 3.8) is 0 Å². The standard InChI is InChI=1S/C29H31N5O3/c1-21-18-25(35)27(29(36)34(21)20-22-8-10-24(37-2)11-9-22)28(23-6-5-12-30-19-23)33-16-14-32(15-17-33)26-7-3-4-13-31-26/h3-13,18-19,28,35H,14-17,20H2,1-2H3/t28-/m1/s1. The number of aryl methyl sites for hydroxylation is 1. The molecular formula is C29H31N5O3. The Balaban J connectivity index is 1.50. The molecule has 1 saturated heterocycles. The molecule has 1 N–H and O–H groups in total. The Morgan fingerprint density at radius 2 is 1.78 bits per heavy atom. The van der Waals surface area contributed by atoms with Gasteiger partial charge in [0.25, 0.3) is 5.56 Å². The number of ether oxygens (including phenoxy) is 1. The van der Waals surface area contributed by atoms with E-state index in [4.69, 9.17) is 4.74 Å². The van der Waals surface area contributed by atoms with E-state index in [0.29, 0.717) is 30.9 Å². The molecule has 0 radical (unpaired) electrons. The van der Waals surface area contributed by atoms with Gasteiger partial charge in [0, 0.05) is 50.5 Å². The third kappa shape index (κ3) is 5.20. The fraction of sp³-hybridized carbons (Fsp3) is 0.276. The molecular weight excluding hydrogens is 466 g/mol. The second kappa shape index (κ2) is 10.8. The molecule has 0 aliphatic carbocycles. The summed E-state index contributed by atoms with van der Waals surface area (Å²) in [4.78, 5) is 27.3. The summed E-state index contributed by atoms with van der Waals surface area (Å²) in [5, 5.41) is 11.1. The molecule has 0 unspecified atom stereocenters. The Morgan fingerprint density at radius 3 is 2.43 bits per heavy atom. The van der Waals surface area contributed by atoms with Gasteiger partial charge in [-0.2, -0.15) is 0 Å².